The van der Waals surface area contributed by atoms with Gasteiger partial charge in [-0.2, -0.15) is 13.2 Å². The van der Waals surface area contributed by atoms with Gasteiger partial charge in [0.15, 0.2) is 5.69 Å². The molecule has 0 fully saturated rings. The largest absolute Gasteiger partial charge is 0.434 e. The Morgan fingerprint density at radius 1 is 1.35 bits per heavy atom. The predicted molar refractivity (Wildman–Crippen MR) is 70.1 cm³/mol. The highest BCUT2D eigenvalue weighted by molar-refractivity contribution is 7.15. The van der Waals surface area contributed by atoms with Crippen LogP contribution in [0.3, 0.4) is 0 Å². The highest BCUT2D eigenvalue weighted by Gasteiger charge is 2.37. The average molecular weight is 302 g/mol. The lowest BCUT2D eigenvalue weighted by atomic mass is 10.3. The molecule has 0 aliphatic carbocycles. The number of hydrogen-bond donors (Lipinski definition) is 1. The molecule has 20 heavy (non-hydrogen) atoms. The van der Waals surface area contributed by atoms with E-state index in [1.165, 1.54) is 12.5 Å². The maximum absolute atomic E-state index is 13.0. The second kappa shape index (κ2) is 5.84. The minimum Gasteiger partial charge on any atom is -0.310 e. The summed E-state index contributed by atoms with van der Waals surface area (Å²) in [5.41, 5.74) is -0.449. The summed E-state index contributed by atoms with van der Waals surface area (Å²) in [6.45, 7) is 3.88. The molecule has 2 rings (SSSR count). The molecule has 0 amide bonds. The zero-order chi connectivity index (χ0) is 14.8. The van der Waals surface area contributed by atoms with Crippen LogP contribution in [-0.4, -0.2) is 21.0 Å². The van der Waals surface area contributed by atoms with E-state index in [1.54, 1.807) is 6.07 Å². The molecule has 0 bridgehead atoms. The van der Waals surface area contributed by atoms with Gasteiger partial charge in [0.05, 0.1) is 4.88 Å². The molecular weight excluding hydrogens is 289 g/mol. The predicted octanol–water partition coefficient (Wildman–Crippen LogP) is 3.12. The van der Waals surface area contributed by atoms with Gasteiger partial charge in [-0.05, 0) is 6.07 Å². The molecule has 108 valence electrons. The van der Waals surface area contributed by atoms with Crippen molar-refractivity contribution in [3.05, 3.63) is 29.2 Å². The van der Waals surface area contributed by atoms with Crippen LogP contribution < -0.4 is 5.32 Å². The van der Waals surface area contributed by atoms with Crippen LogP contribution in [0.2, 0.25) is 0 Å². The quantitative estimate of drug-likeness (QED) is 0.943. The molecule has 0 spiro atoms. The number of rotatable bonds is 4. The molecule has 0 saturated carbocycles. The van der Waals surface area contributed by atoms with Crippen molar-refractivity contribution >= 4 is 11.3 Å². The van der Waals surface area contributed by atoms with E-state index in [9.17, 15) is 13.2 Å². The Hall–Kier alpha value is -1.54. The van der Waals surface area contributed by atoms with E-state index in [0.29, 0.717) is 5.69 Å². The molecule has 0 aliphatic heterocycles. The molecule has 0 atom stereocenters. The molecule has 2 heterocycles. The summed E-state index contributed by atoms with van der Waals surface area (Å²) >= 11 is 0.998. The molecule has 0 aromatic carbocycles. The highest BCUT2D eigenvalue weighted by atomic mass is 32.1. The van der Waals surface area contributed by atoms with Crippen molar-refractivity contribution in [2.75, 3.05) is 0 Å². The summed E-state index contributed by atoms with van der Waals surface area (Å²) < 4.78 is 39.0. The van der Waals surface area contributed by atoms with Crippen LogP contribution in [-0.2, 0) is 12.7 Å². The fraction of sp³-hybridized carbons (Fsp3) is 0.417. The maximum Gasteiger partial charge on any atom is 0.434 e. The lowest BCUT2D eigenvalue weighted by Crippen LogP contribution is -2.23. The van der Waals surface area contributed by atoms with Crippen molar-refractivity contribution in [3.8, 4) is 10.7 Å². The normalized spacial score (nSPS) is 12.1. The van der Waals surface area contributed by atoms with Gasteiger partial charge in [-0.15, -0.1) is 11.3 Å². The fourth-order valence-electron chi connectivity index (χ4n) is 1.52. The third-order valence-corrected chi connectivity index (χ3v) is 3.52. The SMILES string of the molecule is CC(C)NCc1sc(-c2ccncn2)nc1C(F)(F)F. The van der Waals surface area contributed by atoms with Crippen molar-refractivity contribution in [1.82, 2.24) is 20.3 Å². The van der Waals surface area contributed by atoms with Gasteiger partial charge in [0, 0.05) is 18.8 Å². The summed E-state index contributed by atoms with van der Waals surface area (Å²) in [7, 11) is 0. The number of hydrogen-bond acceptors (Lipinski definition) is 5. The third kappa shape index (κ3) is 3.51. The zero-order valence-corrected chi connectivity index (χ0v) is 11.7. The number of nitrogens with one attached hydrogen (secondary N) is 1. The van der Waals surface area contributed by atoms with Crippen LogP contribution in [0.25, 0.3) is 10.7 Å². The first kappa shape index (κ1) is 14.9. The molecular formula is C12H13F3N4S. The van der Waals surface area contributed by atoms with Crippen LogP contribution in [0, 0.1) is 0 Å². The second-order valence-corrected chi connectivity index (χ2v) is 5.50. The van der Waals surface area contributed by atoms with Crippen LogP contribution in [0.1, 0.15) is 24.4 Å². The van der Waals surface area contributed by atoms with Gasteiger partial charge in [-0.25, -0.2) is 15.0 Å². The minimum absolute atomic E-state index is 0.0979. The Balaban J connectivity index is 2.37. The first-order chi connectivity index (χ1) is 9.38. The molecule has 8 heteroatoms. The van der Waals surface area contributed by atoms with E-state index in [-0.39, 0.29) is 22.5 Å². The number of nitrogens with zero attached hydrogens (tertiary/aromatic N) is 3. The van der Waals surface area contributed by atoms with Crippen LogP contribution in [0.15, 0.2) is 18.6 Å². The summed E-state index contributed by atoms with van der Waals surface area (Å²) in [5, 5.41) is 3.23. The van der Waals surface area contributed by atoms with E-state index in [4.69, 9.17) is 0 Å². The summed E-state index contributed by atoms with van der Waals surface area (Å²) in [4.78, 5) is 11.5. The first-order valence-electron chi connectivity index (χ1n) is 5.94. The van der Waals surface area contributed by atoms with Gasteiger partial charge < -0.3 is 5.32 Å². The van der Waals surface area contributed by atoms with Crippen molar-refractivity contribution < 1.29 is 13.2 Å². The molecule has 4 nitrogen and oxygen atoms in total. The lowest BCUT2D eigenvalue weighted by molar-refractivity contribution is -0.141. The second-order valence-electron chi connectivity index (χ2n) is 4.42. The Morgan fingerprint density at radius 3 is 2.65 bits per heavy atom. The van der Waals surface area contributed by atoms with Crippen LogP contribution in [0.5, 0.6) is 0 Å². The van der Waals surface area contributed by atoms with E-state index in [0.717, 1.165) is 11.3 Å². The van der Waals surface area contributed by atoms with Gasteiger partial charge in [0.2, 0.25) is 0 Å². The smallest absolute Gasteiger partial charge is 0.310 e. The zero-order valence-electron chi connectivity index (χ0n) is 10.9. The lowest BCUT2D eigenvalue weighted by Gasteiger charge is -2.09. The Kier molecular flexibility index (Phi) is 4.34. The third-order valence-electron chi connectivity index (χ3n) is 2.44. The van der Waals surface area contributed by atoms with Crippen LogP contribution >= 0.6 is 11.3 Å². The van der Waals surface area contributed by atoms with E-state index in [2.05, 4.69) is 20.3 Å². The summed E-state index contributed by atoms with van der Waals surface area (Å²) in [6.07, 6.45) is -1.70. The van der Waals surface area contributed by atoms with Crippen molar-refractivity contribution in [2.24, 2.45) is 0 Å². The Labute approximate surface area is 118 Å². The van der Waals surface area contributed by atoms with E-state index in [1.807, 2.05) is 13.8 Å². The molecule has 2 aromatic heterocycles. The molecule has 0 saturated heterocycles. The monoisotopic (exact) mass is 302 g/mol. The highest BCUT2D eigenvalue weighted by Crippen LogP contribution is 2.37. The average Bonchev–Trinajstić information content (AvgIpc) is 2.81. The van der Waals surface area contributed by atoms with Gasteiger partial charge in [-0.1, -0.05) is 13.8 Å². The number of alkyl halides is 3. The molecule has 1 N–H and O–H groups in total. The van der Waals surface area contributed by atoms with Crippen molar-refractivity contribution in [2.45, 2.75) is 32.6 Å². The number of aromatic nitrogens is 3. The summed E-state index contributed by atoms with van der Waals surface area (Å²) in [5.74, 6) is 0. The summed E-state index contributed by atoms with van der Waals surface area (Å²) in [6, 6.07) is 1.64. The molecule has 2 aromatic rings. The van der Waals surface area contributed by atoms with Gasteiger partial charge in [-0.3, -0.25) is 0 Å². The minimum atomic E-state index is -4.46. The first-order valence-corrected chi connectivity index (χ1v) is 6.76. The number of thiazole rings is 1. The maximum atomic E-state index is 13.0. The standard InChI is InChI=1S/C12H13F3N4S/c1-7(2)17-5-9-10(12(13,14)15)19-11(20-9)8-3-4-16-6-18-8/h3-4,6-7,17H,5H2,1-2H3. The van der Waals surface area contributed by atoms with E-state index < -0.39 is 11.9 Å². The molecule has 0 aliphatic rings. The molecule has 0 unspecified atom stereocenters. The Morgan fingerprint density at radius 2 is 2.10 bits per heavy atom. The van der Waals surface area contributed by atoms with Gasteiger partial charge >= 0.3 is 6.18 Å². The molecule has 0 radical (unpaired) electrons. The van der Waals surface area contributed by atoms with Gasteiger partial charge in [0.25, 0.3) is 0 Å². The fourth-order valence-corrected chi connectivity index (χ4v) is 2.53. The van der Waals surface area contributed by atoms with Crippen molar-refractivity contribution in [3.63, 3.8) is 0 Å². The topological polar surface area (TPSA) is 50.7 Å². The van der Waals surface area contributed by atoms with Crippen molar-refractivity contribution in [1.29, 1.82) is 0 Å². The van der Waals surface area contributed by atoms with E-state index >= 15 is 0 Å². The number of halogens is 3. The van der Waals surface area contributed by atoms with Crippen LogP contribution in [0.4, 0.5) is 13.2 Å². The van der Waals surface area contributed by atoms with Gasteiger partial charge in [0.1, 0.15) is 17.0 Å². The Bertz CT molecular complexity index is 566.